The molecule has 17 heavy (non-hydrogen) atoms. The maximum atomic E-state index is 10.7. The van der Waals surface area contributed by atoms with Gasteiger partial charge in [0.1, 0.15) is 0 Å². The Morgan fingerprint density at radius 3 is 2.88 bits per heavy atom. The van der Waals surface area contributed by atoms with Crippen LogP contribution in [0, 0.1) is 10.1 Å². The van der Waals surface area contributed by atoms with Crippen LogP contribution in [0.5, 0.6) is 0 Å². The molecule has 0 aliphatic carbocycles. The number of nitrogens with zero attached hydrogens (tertiary/aromatic N) is 1. The van der Waals surface area contributed by atoms with Crippen LogP contribution in [0.1, 0.15) is 24.3 Å². The van der Waals surface area contributed by atoms with E-state index >= 15 is 0 Å². The molecule has 92 valence electrons. The molecule has 2 atom stereocenters. The van der Waals surface area contributed by atoms with Crippen molar-refractivity contribution in [3.05, 3.63) is 39.9 Å². The highest BCUT2D eigenvalue weighted by Crippen LogP contribution is 2.30. The molecule has 1 fully saturated rings. The number of hydrogen-bond acceptors (Lipinski definition) is 3. The molecule has 0 spiro atoms. The minimum absolute atomic E-state index is 0.165. The molecule has 4 nitrogen and oxygen atoms in total. The number of benzene rings is 1. The summed E-state index contributed by atoms with van der Waals surface area (Å²) in [5.41, 5.74) is 1.18. The lowest BCUT2D eigenvalue weighted by Gasteiger charge is -2.28. The van der Waals surface area contributed by atoms with Crippen LogP contribution in [0.15, 0.2) is 24.3 Å². The highest BCUT2D eigenvalue weighted by Gasteiger charge is 2.23. The molecule has 0 saturated carbocycles. The fourth-order valence-electron chi connectivity index (χ4n) is 2.08. The van der Waals surface area contributed by atoms with E-state index in [1.54, 1.807) is 12.1 Å². The van der Waals surface area contributed by atoms with E-state index in [1.165, 1.54) is 6.07 Å². The van der Waals surface area contributed by atoms with Crippen molar-refractivity contribution < 1.29 is 9.66 Å². The van der Waals surface area contributed by atoms with Gasteiger partial charge in [0.25, 0.3) is 5.69 Å². The quantitative estimate of drug-likeness (QED) is 0.365. The summed E-state index contributed by atoms with van der Waals surface area (Å²) in [6, 6.07) is 6.89. The second-order valence-electron chi connectivity index (χ2n) is 4.24. The number of halogens is 1. The Kier molecular flexibility index (Phi) is 4.33. The number of ether oxygens (including phenoxy) is 1. The molecule has 1 aromatic rings. The lowest BCUT2D eigenvalue weighted by atomic mass is 9.91. The molecular formula is C12H14INO3. The van der Waals surface area contributed by atoms with Crippen LogP contribution in [0.25, 0.3) is 0 Å². The van der Waals surface area contributed by atoms with Crippen molar-refractivity contribution in [2.75, 3.05) is 11.0 Å². The maximum Gasteiger partial charge on any atom is 0.269 e. The Bertz CT molecular complexity index is 402. The van der Waals surface area contributed by atoms with Crippen molar-refractivity contribution in [2.45, 2.75) is 24.9 Å². The van der Waals surface area contributed by atoms with Gasteiger partial charge in [0.15, 0.2) is 0 Å². The fourth-order valence-corrected chi connectivity index (χ4v) is 2.78. The number of hydrogen-bond donors (Lipinski definition) is 0. The third-order valence-corrected chi connectivity index (χ3v) is 4.08. The third-order valence-electron chi connectivity index (χ3n) is 3.09. The molecular weight excluding hydrogens is 333 g/mol. The Balaban J connectivity index is 2.08. The normalized spacial score (nSPS) is 24.5. The monoisotopic (exact) mass is 347 g/mol. The van der Waals surface area contributed by atoms with Crippen LogP contribution in [0.4, 0.5) is 5.69 Å². The second-order valence-corrected chi connectivity index (χ2v) is 5.12. The predicted octanol–water partition coefficient (Wildman–Crippen LogP) is 3.29. The van der Waals surface area contributed by atoms with E-state index in [2.05, 4.69) is 22.6 Å². The lowest BCUT2D eigenvalue weighted by molar-refractivity contribution is -0.384. The number of non-ortho nitro benzene ring substituents is 1. The van der Waals surface area contributed by atoms with E-state index in [0.717, 1.165) is 22.8 Å². The van der Waals surface area contributed by atoms with Crippen LogP contribution >= 0.6 is 22.6 Å². The Hall–Kier alpha value is -0.690. The molecule has 1 aromatic carbocycles. The number of nitro groups is 1. The van der Waals surface area contributed by atoms with Crippen LogP contribution in [-0.4, -0.2) is 22.1 Å². The van der Waals surface area contributed by atoms with Gasteiger partial charge in [-0.2, -0.15) is 0 Å². The first-order valence-corrected chi connectivity index (χ1v) is 7.15. The predicted molar refractivity (Wildman–Crippen MR) is 73.7 cm³/mol. The Morgan fingerprint density at radius 2 is 2.29 bits per heavy atom. The molecule has 1 aliphatic rings. The molecule has 2 unspecified atom stereocenters. The van der Waals surface area contributed by atoms with Crippen LogP contribution in [0.3, 0.4) is 0 Å². The van der Waals surface area contributed by atoms with Gasteiger partial charge in [-0.25, -0.2) is 0 Å². The average molecular weight is 347 g/mol. The molecule has 0 amide bonds. The first-order chi connectivity index (χ1) is 8.20. The van der Waals surface area contributed by atoms with Gasteiger partial charge in [0.2, 0.25) is 0 Å². The zero-order valence-corrected chi connectivity index (χ0v) is 11.5. The molecule has 1 heterocycles. The summed E-state index contributed by atoms with van der Waals surface area (Å²) >= 11 is 2.33. The van der Waals surface area contributed by atoms with Gasteiger partial charge in [0.05, 0.1) is 17.6 Å². The number of rotatable bonds is 3. The van der Waals surface area contributed by atoms with E-state index < -0.39 is 0 Å². The van der Waals surface area contributed by atoms with Crippen molar-refractivity contribution in [2.24, 2.45) is 0 Å². The summed E-state index contributed by atoms with van der Waals surface area (Å²) in [7, 11) is 0. The van der Waals surface area contributed by atoms with Gasteiger partial charge in [-0.05, 0) is 18.4 Å². The minimum Gasteiger partial charge on any atom is -0.377 e. The first kappa shape index (κ1) is 12.8. The first-order valence-electron chi connectivity index (χ1n) is 5.62. The fraction of sp³-hybridized carbons (Fsp3) is 0.500. The minimum atomic E-state index is -0.346. The molecule has 1 aliphatic heterocycles. The van der Waals surface area contributed by atoms with Gasteiger partial charge < -0.3 is 4.74 Å². The van der Waals surface area contributed by atoms with E-state index in [4.69, 9.17) is 4.74 Å². The molecule has 2 rings (SSSR count). The highest BCUT2D eigenvalue weighted by atomic mass is 127. The van der Waals surface area contributed by atoms with Crippen molar-refractivity contribution in [1.82, 2.24) is 0 Å². The smallest absolute Gasteiger partial charge is 0.269 e. The van der Waals surface area contributed by atoms with Crippen LogP contribution in [-0.2, 0) is 4.74 Å². The van der Waals surface area contributed by atoms with Crippen molar-refractivity contribution >= 4 is 28.3 Å². The van der Waals surface area contributed by atoms with Crippen LogP contribution in [0.2, 0.25) is 0 Å². The summed E-state index contributed by atoms with van der Waals surface area (Å²) in [5, 5.41) is 10.7. The third kappa shape index (κ3) is 3.16. The van der Waals surface area contributed by atoms with Crippen molar-refractivity contribution in [3.63, 3.8) is 0 Å². The molecule has 0 aromatic heterocycles. The lowest BCUT2D eigenvalue weighted by Crippen LogP contribution is -2.25. The standard InChI is InChI=1S/C12H14INO3/c13-7-12-5-4-10(8-17-12)9-2-1-3-11(6-9)14(15)16/h1-3,6,10,12H,4-5,7-8H2. The van der Waals surface area contributed by atoms with Gasteiger partial charge in [0, 0.05) is 22.5 Å². The summed E-state index contributed by atoms with van der Waals surface area (Å²) < 4.78 is 6.73. The SMILES string of the molecule is O=[N+]([O-])c1cccc(C2CCC(CI)OC2)c1. The molecule has 1 saturated heterocycles. The van der Waals surface area contributed by atoms with Crippen molar-refractivity contribution in [3.8, 4) is 0 Å². The van der Waals surface area contributed by atoms with E-state index in [1.807, 2.05) is 6.07 Å². The second kappa shape index (κ2) is 5.77. The van der Waals surface area contributed by atoms with E-state index in [0.29, 0.717) is 18.6 Å². The van der Waals surface area contributed by atoms with Gasteiger partial charge in [-0.1, -0.05) is 34.7 Å². The van der Waals surface area contributed by atoms with E-state index in [-0.39, 0.29) is 10.6 Å². The molecule has 5 heteroatoms. The molecule has 0 N–H and O–H groups in total. The number of alkyl halides is 1. The largest absolute Gasteiger partial charge is 0.377 e. The zero-order valence-electron chi connectivity index (χ0n) is 9.34. The van der Waals surface area contributed by atoms with Gasteiger partial charge >= 0.3 is 0 Å². The summed E-state index contributed by atoms with van der Waals surface area (Å²) in [4.78, 5) is 10.4. The molecule has 0 bridgehead atoms. The number of nitro benzene ring substituents is 1. The highest BCUT2D eigenvalue weighted by molar-refractivity contribution is 14.1. The summed E-state index contributed by atoms with van der Waals surface area (Å²) in [5.74, 6) is 0.300. The Labute approximate surface area is 114 Å². The maximum absolute atomic E-state index is 10.7. The van der Waals surface area contributed by atoms with Gasteiger partial charge in [-0.15, -0.1) is 0 Å². The zero-order chi connectivity index (χ0) is 12.3. The van der Waals surface area contributed by atoms with Crippen LogP contribution < -0.4 is 0 Å². The topological polar surface area (TPSA) is 52.4 Å². The summed E-state index contributed by atoms with van der Waals surface area (Å²) in [6.07, 6.45) is 2.44. The molecule has 0 radical (unpaired) electrons. The Morgan fingerprint density at radius 1 is 1.47 bits per heavy atom. The van der Waals surface area contributed by atoms with Gasteiger partial charge in [-0.3, -0.25) is 10.1 Å². The average Bonchev–Trinajstić information content (AvgIpc) is 2.39. The van der Waals surface area contributed by atoms with E-state index in [9.17, 15) is 10.1 Å². The summed E-state index contributed by atoms with van der Waals surface area (Å²) in [6.45, 7) is 0.675. The van der Waals surface area contributed by atoms with Crippen molar-refractivity contribution in [1.29, 1.82) is 0 Å².